The van der Waals surface area contributed by atoms with Gasteiger partial charge in [0.05, 0.1) is 13.7 Å². The van der Waals surface area contributed by atoms with Gasteiger partial charge in [-0.2, -0.15) is 4.39 Å². The smallest absolute Gasteiger partial charge is 0.339 e. The van der Waals surface area contributed by atoms with Crippen LogP contribution < -0.4 is 9.47 Å². The summed E-state index contributed by atoms with van der Waals surface area (Å²) in [6, 6.07) is 2.55. The number of aromatic carboxylic acids is 1. The van der Waals surface area contributed by atoms with Crippen LogP contribution in [0.2, 0.25) is 0 Å². The number of hydrogen-bond donors (Lipinski definition) is 1. The Labute approximate surface area is 92.6 Å². The number of hydrogen-bond acceptors (Lipinski definition) is 3. The fourth-order valence-electron chi connectivity index (χ4n) is 1.23. The topological polar surface area (TPSA) is 55.8 Å². The maximum absolute atomic E-state index is 13.7. The molecule has 1 aromatic carbocycles. The molecule has 0 unspecified atom stereocenters. The van der Waals surface area contributed by atoms with Gasteiger partial charge in [0.2, 0.25) is 5.82 Å². The number of halogens is 1. The molecule has 0 spiro atoms. The van der Waals surface area contributed by atoms with E-state index in [1.807, 2.05) is 6.92 Å². The van der Waals surface area contributed by atoms with Gasteiger partial charge in [0, 0.05) is 0 Å². The highest BCUT2D eigenvalue weighted by atomic mass is 19.1. The molecular formula is C11H13FO4. The van der Waals surface area contributed by atoms with Crippen molar-refractivity contribution in [3.8, 4) is 11.5 Å². The molecule has 0 radical (unpaired) electrons. The third-order valence-corrected chi connectivity index (χ3v) is 1.96. The summed E-state index contributed by atoms with van der Waals surface area (Å²) < 4.78 is 23.5. The monoisotopic (exact) mass is 228 g/mol. The molecule has 16 heavy (non-hydrogen) atoms. The van der Waals surface area contributed by atoms with Crippen LogP contribution in [0.25, 0.3) is 0 Å². The predicted octanol–water partition coefficient (Wildman–Crippen LogP) is 2.32. The second kappa shape index (κ2) is 5.34. The van der Waals surface area contributed by atoms with E-state index in [1.165, 1.54) is 19.2 Å². The lowest BCUT2D eigenvalue weighted by molar-refractivity contribution is 0.0692. The van der Waals surface area contributed by atoms with Crippen molar-refractivity contribution in [2.75, 3.05) is 13.7 Å². The van der Waals surface area contributed by atoms with Crippen LogP contribution in [0.15, 0.2) is 12.1 Å². The van der Waals surface area contributed by atoms with Crippen molar-refractivity contribution in [2.45, 2.75) is 13.3 Å². The Morgan fingerprint density at radius 1 is 1.50 bits per heavy atom. The van der Waals surface area contributed by atoms with Gasteiger partial charge in [-0.25, -0.2) is 4.79 Å². The van der Waals surface area contributed by atoms with Gasteiger partial charge in [0.15, 0.2) is 11.5 Å². The molecule has 0 heterocycles. The molecule has 1 aromatic rings. The third-order valence-electron chi connectivity index (χ3n) is 1.96. The first-order chi connectivity index (χ1) is 7.61. The lowest BCUT2D eigenvalue weighted by Gasteiger charge is -2.10. The fraction of sp³-hybridized carbons (Fsp3) is 0.364. The maximum Gasteiger partial charge on any atom is 0.339 e. The molecule has 0 bridgehead atoms. The van der Waals surface area contributed by atoms with Crippen LogP contribution in [0.4, 0.5) is 4.39 Å². The second-order valence-electron chi connectivity index (χ2n) is 3.11. The van der Waals surface area contributed by atoms with Crippen molar-refractivity contribution < 1.29 is 23.8 Å². The number of carboxylic acid groups (broad SMARTS) is 1. The summed E-state index contributed by atoms with van der Waals surface area (Å²) >= 11 is 0. The summed E-state index contributed by atoms with van der Waals surface area (Å²) in [5, 5.41) is 8.80. The van der Waals surface area contributed by atoms with Gasteiger partial charge in [-0.1, -0.05) is 6.92 Å². The summed E-state index contributed by atoms with van der Waals surface area (Å²) in [6.07, 6.45) is 0.739. The lowest BCUT2D eigenvalue weighted by Crippen LogP contribution is -2.05. The van der Waals surface area contributed by atoms with Gasteiger partial charge >= 0.3 is 5.97 Å². The Hall–Kier alpha value is -1.78. The molecule has 5 heteroatoms. The van der Waals surface area contributed by atoms with Crippen molar-refractivity contribution in [3.05, 3.63) is 23.5 Å². The minimum atomic E-state index is -1.24. The first-order valence-electron chi connectivity index (χ1n) is 4.84. The van der Waals surface area contributed by atoms with E-state index < -0.39 is 11.8 Å². The van der Waals surface area contributed by atoms with Crippen molar-refractivity contribution in [1.29, 1.82) is 0 Å². The van der Waals surface area contributed by atoms with E-state index in [9.17, 15) is 9.18 Å². The second-order valence-corrected chi connectivity index (χ2v) is 3.11. The molecule has 0 saturated heterocycles. The third kappa shape index (κ3) is 2.42. The average Bonchev–Trinajstić information content (AvgIpc) is 2.26. The van der Waals surface area contributed by atoms with Crippen LogP contribution >= 0.6 is 0 Å². The van der Waals surface area contributed by atoms with E-state index in [2.05, 4.69) is 0 Å². The summed E-state index contributed by atoms with van der Waals surface area (Å²) in [4.78, 5) is 10.8. The molecule has 0 atom stereocenters. The molecule has 0 fully saturated rings. The maximum atomic E-state index is 13.7. The molecule has 0 aliphatic rings. The molecule has 0 aliphatic carbocycles. The molecule has 88 valence electrons. The Balaban J connectivity index is 3.12. The normalized spacial score (nSPS) is 9.94. The lowest BCUT2D eigenvalue weighted by atomic mass is 10.2. The fourth-order valence-corrected chi connectivity index (χ4v) is 1.23. The van der Waals surface area contributed by atoms with Gasteiger partial charge in [-0.3, -0.25) is 0 Å². The van der Waals surface area contributed by atoms with Gasteiger partial charge in [-0.05, 0) is 18.6 Å². The predicted molar refractivity (Wildman–Crippen MR) is 55.7 cm³/mol. The largest absolute Gasteiger partial charge is 0.493 e. The highest BCUT2D eigenvalue weighted by Crippen LogP contribution is 2.30. The number of ether oxygens (including phenoxy) is 2. The van der Waals surface area contributed by atoms with E-state index in [0.717, 1.165) is 6.42 Å². The summed E-state index contributed by atoms with van der Waals surface area (Å²) in [5.74, 6) is -2.32. The van der Waals surface area contributed by atoms with E-state index in [4.69, 9.17) is 14.6 Å². The summed E-state index contributed by atoms with van der Waals surface area (Å²) in [6.45, 7) is 2.26. The van der Waals surface area contributed by atoms with E-state index in [1.54, 1.807) is 0 Å². The van der Waals surface area contributed by atoms with Crippen LogP contribution in [-0.4, -0.2) is 24.8 Å². The van der Waals surface area contributed by atoms with Crippen LogP contribution in [-0.2, 0) is 0 Å². The molecule has 4 nitrogen and oxygen atoms in total. The molecular weight excluding hydrogens is 215 g/mol. The summed E-state index contributed by atoms with van der Waals surface area (Å²) in [5.41, 5.74) is -0.219. The van der Waals surface area contributed by atoms with Gasteiger partial charge in [0.25, 0.3) is 0 Å². The van der Waals surface area contributed by atoms with Crippen LogP contribution in [0, 0.1) is 5.82 Å². The minimum Gasteiger partial charge on any atom is -0.493 e. The Bertz CT molecular complexity index is 390. The molecule has 1 rings (SSSR count). The van der Waals surface area contributed by atoms with Gasteiger partial charge < -0.3 is 14.6 Å². The highest BCUT2D eigenvalue weighted by molar-refractivity contribution is 5.91. The molecule has 0 amide bonds. The van der Waals surface area contributed by atoms with Crippen molar-refractivity contribution >= 4 is 5.97 Å². The summed E-state index contributed by atoms with van der Waals surface area (Å²) in [7, 11) is 1.22. The number of carbonyl (C=O) groups is 1. The van der Waals surface area contributed by atoms with E-state index in [-0.39, 0.29) is 17.1 Å². The van der Waals surface area contributed by atoms with Crippen molar-refractivity contribution in [2.24, 2.45) is 0 Å². The van der Waals surface area contributed by atoms with E-state index in [0.29, 0.717) is 6.61 Å². The average molecular weight is 228 g/mol. The molecule has 0 aromatic heterocycles. The number of methoxy groups -OCH3 is 1. The standard InChI is InChI=1S/C11H13FO4/c1-3-6-16-8-5-4-7(11(13)14)10(15-2)9(8)12/h4-5H,3,6H2,1-2H3,(H,13,14). The Morgan fingerprint density at radius 2 is 2.19 bits per heavy atom. The van der Waals surface area contributed by atoms with E-state index >= 15 is 0 Å². The number of rotatable bonds is 5. The molecule has 0 saturated carbocycles. The van der Waals surface area contributed by atoms with Crippen LogP contribution in [0.1, 0.15) is 23.7 Å². The first-order valence-corrected chi connectivity index (χ1v) is 4.84. The quantitative estimate of drug-likeness (QED) is 0.840. The van der Waals surface area contributed by atoms with Crippen LogP contribution in [0.5, 0.6) is 11.5 Å². The SMILES string of the molecule is CCCOc1ccc(C(=O)O)c(OC)c1F. The number of carboxylic acids is 1. The zero-order valence-corrected chi connectivity index (χ0v) is 9.12. The molecule has 1 N–H and O–H groups in total. The zero-order valence-electron chi connectivity index (χ0n) is 9.12. The van der Waals surface area contributed by atoms with Gasteiger partial charge in [0.1, 0.15) is 5.56 Å². The highest BCUT2D eigenvalue weighted by Gasteiger charge is 2.19. The Kier molecular flexibility index (Phi) is 4.10. The minimum absolute atomic E-state index is 0.00343. The van der Waals surface area contributed by atoms with Gasteiger partial charge in [-0.15, -0.1) is 0 Å². The first kappa shape index (κ1) is 12.3. The van der Waals surface area contributed by atoms with Crippen LogP contribution in [0.3, 0.4) is 0 Å². The number of benzene rings is 1. The zero-order chi connectivity index (χ0) is 12.1. The van der Waals surface area contributed by atoms with Crippen molar-refractivity contribution in [3.63, 3.8) is 0 Å². The molecule has 0 aliphatic heterocycles. The van der Waals surface area contributed by atoms with Crippen molar-refractivity contribution in [1.82, 2.24) is 0 Å². The Morgan fingerprint density at radius 3 is 2.69 bits per heavy atom.